The van der Waals surface area contributed by atoms with Gasteiger partial charge in [-0.15, -0.1) is 0 Å². The first kappa shape index (κ1) is 15.6. The topological polar surface area (TPSA) is 60.3 Å². The van der Waals surface area contributed by atoms with Crippen LogP contribution >= 0.6 is 11.6 Å². The first-order valence-electron chi connectivity index (χ1n) is 7.42. The van der Waals surface area contributed by atoms with Crippen LogP contribution in [0.4, 0.5) is 0 Å². The summed E-state index contributed by atoms with van der Waals surface area (Å²) < 4.78 is 7.17. The molecule has 120 valence electrons. The number of rotatable bonds is 5. The van der Waals surface area contributed by atoms with Crippen molar-refractivity contribution in [2.24, 2.45) is 7.05 Å². The van der Waals surface area contributed by atoms with Crippen molar-refractivity contribution in [1.29, 1.82) is 0 Å². The Bertz CT molecular complexity index is 797. The molecule has 3 rings (SSSR count). The average Bonchev–Trinajstić information content (AvgIpc) is 3.31. The van der Waals surface area contributed by atoms with Crippen molar-refractivity contribution in [2.45, 2.75) is 25.5 Å². The molecule has 0 unspecified atom stereocenters. The number of nitrogens with zero attached hydrogens (tertiary/aromatic N) is 1. The van der Waals surface area contributed by atoms with Crippen LogP contribution < -0.4 is 15.5 Å². The van der Waals surface area contributed by atoms with Crippen molar-refractivity contribution in [1.82, 2.24) is 9.88 Å². The van der Waals surface area contributed by atoms with Gasteiger partial charge in [0.05, 0.1) is 6.20 Å². The van der Waals surface area contributed by atoms with Crippen LogP contribution in [0.1, 0.15) is 28.9 Å². The second-order valence-electron chi connectivity index (χ2n) is 5.66. The first-order valence-corrected chi connectivity index (χ1v) is 7.79. The molecule has 1 amide bonds. The Kier molecular flexibility index (Phi) is 4.39. The van der Waals surface area contributed by atoms with E-state index in [2.05, 4.69) is 5.32 Å². The largest absolute Gasteiger partial charge is 0.483 e. The summed E-state index contributed by atoms with van der Waals surface area (Å²) in [5.74, 6) is -0.0241. The van der Waals surface area contributed by atoms with Gasteiger partial charge in [0, 0.05) is 24.2 Å². The molecule has 0 atom stereocenters. The maximum Gasteiger partial charge on any atom is 0.268 e. The van der Waals surface area contributed by atoms with Crippen molar-refractivity contribution >= 4 is 17.5 Å². The molecule has 1 fully saturated rings. The quantitative estimate of drug-likeness (QED) is 0.915. The van der Waals surface area contributed by atoms with Crippen LogP contribution in [-0.4, -0.2) is 16.5 Å². The first-order chi connectivity index (χ1) is 11.0. The number of aryl methyl sites for hydroxylation is 1. The number of halogens is 1. The van der Waals surface area contributed by atoms with E-state index in [4.69, 9.17) is 16.3 Å². The number of hydrogen-bond acceptors (Lipinski definition) is 3. The normalized spacial score (nSPS) is 13.7. The van der Waals surface area contributed by atoms with Gasteiger partial charge < -0.3 is 14.6 Å². The van der Waals surface area contributed by atoms with Crippen LogP contribution in [-0.2, 0) is 13.7 Å². The maximum absolute atomic E-state index is 12.1. The van der Waals surface area contributed by atoms with Gasteiger partial charge in [-0.2, -0.15) is 0 Å². The van der Waals surface area contributed by atoms with Crippen molar-refractivity contribution < 1.29 is 9.53 Å². The molecule has 1 aliphatic carbocycles. The fourth-order valence-corrected chi connectivity index (χ4v) is 2.43. The predicted octanol–water partition coefficient (Wildman–Crippen LogP) is 2.51. The third-order valence-corrected chi connectivity index (χ3v) is 3.87. The average molecular weight is 333 g/mol. The summed E-state index contributed by atoms with van der Waals surface area (Å²) in [6.07, 6.45) is 3.54. The van der Waals surface area contributed by atoms with Gasteiger partial charge >= 0.3 is 0 Å². The monoisotopic (exact) mass is 332 g/mol. The Morgan fingerprint density at radius 2 is 2.17 bits per heavy atom. The van der Waals surface area contributed by atoms with Crippen LogP contribution in [0, 0.1) is 0 Å². The Morgan fingerprint density at radius 3 is 2.87 bits per heavy atom. The molecule has 1 saturated carbocycles. The molecule has 1 heterocycles. The minimum absolute atomic E-state index is 0.204. The van der Waals surface area contributed by atoms with Crippen molar-refractivity contribution in [3.05, 3.63) is 63.0 Å². The van der Waals surface area contributed by atoms with Crippen molar-refractivity contribution in [3.8, 4) is 5.75 Å². The summed E-state index contributed by atoms with van der Waals surface area (Å²) in [5.41, 5.74) is 0.887. The Hall–Kier alpha value is -2.27. The minimum atomic E-state index is -0.314. The van der Waals surface area contributed by atoms with E-state index < -0.39 is 0 Å². The van der Waals surface area contributed by atoms with Gasteiger partial charge in [-0.25, -0.2) is 0 Å². The Morgan fingerprint density at radius 1 is 1.39 bits per heavy atom. The lowest BCUT2D eigenvalue weighted by Gasteiger charge is -2.12. The van der Waals surface area contributed by atoms with Crippen molar-refractivity contribution in [3.63, 3.8) is 0 Å². The molecule has 6 heteroatoms. The molecule has 23 heavy (non-hydrogen) atoms. The third kappa shape index (κ3) is 3.93. The van der Waals surface area contributed by atoms with E-state index in [0.29, 0.717) is 10.7 Å². The number of hydrogen-bond donors (Lipinski definition) is 1. The van der Waals surface area contributed by atoms with Crippen LogP contribution in [0.25, 0.3) is 0 Å². The molecule has 1 aromatic carbocycles. The maximum atomic E-state index is 12.1. The summed E-state index contributed by atoms with van der Waals surface area (Å²) in [7, 11) is 1.72. The molecule has 0 saturated heterocycles. The molecule has 0 radical (unpaired) electrons. The summed E-state index contributed by atoms with van der Waals surface area (Å²) in [6.45, 7) is 0.240. The SMILES string of the molecule is Cn1cc(OCc2cccc(Cl)c2)c(=O)cc1C(=O)NC1CC1. The highest BCUT2D eigenvalue weighted by atomic mass is 35.5. The number of nitrogens with one attached hydrogen (secondary N) is 1. The van der Waals surface area contributed by atoms with E-state index in [1.165, 1.54) is 12.3 Å². The molecular weight excluding hydrogens is 316 g/mol. The number of pyridine rings is 1. The summed E-state index contributed by atoms with van der Waals surface area (Å²) in [6, 6.07) is 8.81. The number of ether oxygens (including phenoxy) is 1. The van der Waals surface area contributed by atoms with Gasteiger partial charge in [-0.3, -0.25) is 9.59 Å². The summed E-state index contributed by atoms with van der Waals surface area (Å²) >= 11 is 5.92. The molecule has 1 N–H and O–H groups in total. The summed E-state index contributed by atoms with van der Waals surface area (Å²) in [4.78, 5) is 24.2. The highest BCUT2D eigenvalue weighted by Crippen LogP contribution is 2.19. The third-order valence-electron chi connectivity index (χ3n) is 3.63. The van der Waals surface area contributed by atoms with E-state index in [1.54, 1.807) is 23.7 Å². The molecule has 0 bridgehead atoms. The van der Waals surface area contributed by atoms with Gasteiger partial charge in [0.2, 0.25) is 5.43 Å². The van der Waals surface area contributed by atoms with E-state index in [9.17, 15) is 9.59 Å². The lowest BCUT2D eigenvalue weighted by molar-refractivity contribution is 0.0942. The predicted molar refractivity (Wildman–Crippen MR) is 88.0 cm³/mol. The van der Waals surface area contributed by atoms with Crippen LogP contribution in [0.15, 0.2) is 41.3 Å². The van der Waals surface area contributed by atoms with Crippen LogP contribution in [0.3, 0.4) is 0 Å². The zero-order valence-corrected chi connectivity index (χ0v) is 13.5. The van der Waals surface area contributed by atoms with Gasteiger partial charge in [0.15, 0.2) is 5.75 Å². The van der Waals surface area contributed by atoms with Gasteiger partial charge in [0.25, 0.3) is 5.91 Å². The summed E-state index contributed by atoms with van der Waals surface area (Å²) in [5, 5.41) is 3.48. The standard InChI is InChI=1S/C17H17ClN2O3/c1-20-9-16(23-10-11-3-2-4-12(18)7-11)15(21)8-14(20)17(22)19-13-5-6-13/h2-4,7-9,13H,5-6,10H2,1H3,(H,19,22). The molecule has 0 spiro atoms. The van der Waals surface area contributed by atoms with Crippen LogP contribution in [0.2, 0.25) is 5.02 Å². The Labute approximate surface area is 138 Å². The lowest BCUT2D eigenvalue weighted by Crippen LogP contribution is -2.29. The lowest BCUT2D eigenvalue weighted by atomic mass is 10.2. The van der Waals surface area contributed by atoms with Gasteiger partial charge in [-0.05, 0) is 30.5 Å². The molecular formula is C17H17ClN2O3. The molecule has 0 aliphatic heterocycles. The number of carbonyl (C=O) groups is 1. The van der Waals surface area contributed by atoms with E-state index in [-0.39, 0.29) is 29.7 Å². The molecule has 5 nitrogen and oxygen atoms in total. The Balaban J connectivity index is 1.74. The zero-order valence-electron chi connectivity index (χ0n) is 12.7. The molecule has 1 aromatic heterocycles. The fourth-order valence-electron chi connectivity index (χ4n) is 2.22. The minimum Gasteiger partial charge on any atom is -0.483 e. The highest BCUT2D eigenvalue weighted by molar-refractivity contribution is 6.30. The second-order valence-corrected chi connectivity index (χ2v) is 6.10. The highest BCUT2D eigenvalue weighted by Gasteiger charge is 2.25. The number of aromatic nitrogens is 1. The van der Waals surface area contributed by atoms with Gasteiger partial charge in [-0.1, -0.05) is 23.7 Å². The van der Waals surface area contributed by atoms with Crippen LogP contribution in [0.5, 0.6) is 5.75 Å². The number of carbonyl (C=O) groups excluding carboxylic acids is 1. The molecule has 2 aromatic rings. The molecule has 1 aliphatic rings. The number of amides is 1. The van der Waals surface area contributed by atoms with Crippen molar-refractivity contribution in [2.75, 3.05) is 0 Å². The van der Waals surface area contributed by atoms with Gasteiger partial charge in [0.1, 0.15) is 12.3 Å². The zero-order chi connectivity index (χ0) is 16.4. The van der Waals surface area contributed by atoms with E-state index >= 15 is 0 Å². The smallest absolute Gasteiger partial charge is 0.268 e. The fraction of sp³-hybridized carbons (Fsp3) is 0.294. The second kappa shape index (κ2) is 6.46. The van der Waals surface area contributed by atoms with E-state index in [0.717, 1.165) is 18.4 Å². The number of benzene rings is 1. The van der Waals surface area contributed by atoms with E-state index in [1.807, 2.05) is 12.1 Å².